The van der Waals surface area contributed by atoms with E-state index in [4.69, 9.17) is 0 Å². The number of hydrogen-bond acceptors (Lipinski definition) is 3. The van der Waals surface area contributed by atoms with Crippen LogP contribution in [0.2, 0.25) is 0 Å². The fourth-order valence-corrected chi connectivity index (χ4v) is 3.42. The van der Waals surface area contributed by atoms with Gasteiger partial charge in [-0.25, -0.2) is 4.98 Å². The number of rotatable bonds is 6. The van der Waals surface area contributed by atoms with Gasteiger partial charge in [0, 0.05) is 25.6 Å². The number of benzene rings is 1. The normalized spacial score (nSPS) is 17.9. The summed E-state index contributed by atoms with van der Waals surface area (Å²) in [4.78, 5) is 33.7. The van der Waals surface area contributed by atoms with Crippen LogP contribution >= 0.6 is 0 Å². The zero-order chi connectivity index (χ0) is 17.1. The second-order valence-electron chi connectivity index (χ2n) is 6.39. The Kier molecular flexibility index (Phi) is 4.83. The van der Waals surface area contributed by atoms with Crippen molar-refractivity contribution in [3.05, 3.63) is 30.1 Å². The standard InChI is InChI=1S/C18H24N4O2/c1-3-14(4-2)22-10-13(8-17(22)23)18(24)19-9-12-5-6-15-16(7-12)21-11-20-15/h5-7,11,13-14H,3-4,8-10H2,1-2H3,(H,19,24)(H,20,21). The van der Waals surface area contributed by atoms with Crippen LogP contribution < -0.4 is 5.32 Å². The fourth-order valence-electron chi connectivity index (χ4n) is 3.42. The lowest BCUT2D eigenvalue weighted by Crippen LogP contribution is -2.37. The molecule has 1 aliphatic rings. The molecular formula is C18H24N4O2. The summed E-state index contributed by atoms with van der Waals surface area (Å²) in [5.41, 5.74) is 2.88. The predicted molar refractivity (Wildman–Crippen MR) is 92.1 cm³/mol. The van der Waals surface area contributed by atoms with E-state index in [2.05, 4.69) is 29.1 Å². The third-order valence-corrected chi connectivity index (χ3v) is 4.86. The van der Waals surface area contributed by atoms with E-state index in [0.717, 1.165) is 29.4 Å². The molecule has 1 saturated heterocycles. The molecule has 1 aromatic heterocycles. The summed E-state index contributed by atoms with van der Waals surface area (Å²) in [5, 5.41) is 2.96. The van der Waals surface area contributed by atoms with Crippen molar-refractivity contribution in [2.45, 2.75) is 45.7 Å². The van der Waals surface area contributed by atoms with Crippen molar-refractivity contribution in [2.24, 2.45) is 5.92 Å². The third kappa shape index (κ3) is 3.27. The molecule has 1 aliphatic heterocycles. The van der Waals surface area contributed by atoms with Gasteiger partial charge in [-0.1, -0.05) is 19.9 Å². The van der Waals surface area contributed by atoms with Gasteiger partial charge in [-0.15, -0.1) is 0 Å². The second-order valence-corrected chi connectivity index (χ2v) is 6.39. The van der Waals surface area contributed by atoms with Gasteiger partial charge >= 0.3 is 0 Å². The van der Waals surface area contributed by atoms with Crippen LogP contribution in [0.5, 0.6) is 0 Å². The Bertz CT molecular complexity index is 735. The summed E-state index contributed by atoms with van der Waals surface area (Å²) < 4.78 is 0. The Balaban J connectivity index is 1.58. The number of H-pyrrole nitrogens is 1. The number of carbonyl (C=O) groups is 2. The van der Waals surface area contributed by atoms with E-state index >= 15 is 0 Å². The molecule has 0 saturated carbocycles. The van der Waals surface area contributed by atoms with Crippen LogP contribution in [0.4, 0.5) is 0 Å². The van der Waals surface area contributed by atoms with Crippen molar-refractivity contribution >= 4 is 22.8 Å². The lowest BCUT2D eigenvalue weighted by Gasteiger charge is -2.26. The zero-order valence-corrected chi connectivity index (χ0v) is 14.2. The number of fused-ring (bicyclic) bond motifs is 1. The molecule has 6 heteroatoms. The highest BCUT2D eigenvalue weighted by Crippen LogP contribution is 2.23. The molecule has 1 unspecified atom stereocenters. The van der Waals surface area contributed by atoms with Crippen molar-refractivity contribution in [1.82, 2.24) is 20.2 Å². The highest BCUT2D eigenvalue weighted by atomic mass is 16.2. The molecule has 1 aromatic carbocycles. The molecule has 3 rings (SSSR count). The Morgan fingerprint density at radius 1 is 1.42 bits per heavy atom. The first-order chi connectivity index (χ1) is 11.6. The van der Waals surface area contributed by atoms with Gasteiger partial charge in [0.1, 0.15) is 0 Å². The maximum absolute atomic E-state index is 12.4. The maximum atomic E-state index is 12.4. The number of aromatic amines is 1. The van der Waals surface area contributed by atoms with E-state index in [1.165, 1.54) is 0 Å². The van der Waals surface area contributed by atoms with Crippen molar-refractivity contribution in [3.63, 3.8) is 0 Å². The molecule has 0 radical (unpaired) electrons. The Hall–Kier alpha value is -2.37. The highest BCUT2D eigenvalue weighted by molar-refractivity contribution is 5.89. The molecule has 24 heavy (non-hydrogen) atoms. The van der Waals surface area contributed by atoms with E-state index in [0.29, 0.717) is 19.5 Å². The number of nitrogens with one attached hydrogen (secondary N) is 2. The third-order valence-electron chi connectivity index (χ3n) is 4.86. The topological polar surface area (TPSA) is 78.1 Å². The van der Waals surface area contributed by atoms with Crippen LogP contribution in [0.1, 0.15) is 38.7 Å². The van der Waals surface area contributed by atoms with Gasteiger partial charge in [-0.3, -0.25) is 9.59 Å². The molecular weight excluding hydrogens is 304 g/mol. The average Bonchev–Trinajstić information content (AvgIpc) is 3.20. The predicted octanol–water partition coefficient (Wildman–Crippen LogP) is 2.22. The molecule has 0 bridgehead atoms. The molecule has 128 valence electrons. The van der Waals surface area contributed by atoms with Crippen LogP contribution in [-0.4, -0.2) is 39.3 Å². The minimum Gasteiger partial charge on any atom is -0.352 e. The molecule has 1 fully saturated rings. The molecule has 6 nitrogen and oxygen atoms in total. The van der Waals surface area contributed by atoms with Gasteiger partial charge in [-0.05, 0) is 30.5 Å². The highest BCUT2D eigenvalue weighted by Gasteiger charge is 2.36. The van der Waals surface area contributed by atoms with Crippen molar-refractivity contribution in [1.29, 1.82) is 0 Å². The average molecular weight is 328 g/mol. The van der Waals surface area contributed by atoms with E-state index in [1.54, 1.807) is 6.33 Å². The SMILES string of the molecule is CCC(CC)N1CC(C(=O)NCc2ccc3nc[nH]c3c2)CC1=O. The largest absolute Gasteiger partial charge is 0.352 e. The molecule has 2 amide bonds. The maximum Gasteiger partial charge on any atom is 0.225 e. The Morgan fingerprint density at radius 3 is 2.96 bits per heavy atom. The lowest BCUT2D eigenvalue weighted by molar-refractivity contribution is -0.130. The Morgan fingerprint density at radius 2 is 2.21 bits per heavy atom. The lowest BCUT2D eigenvalue weighted by atomic mass is 10.1. The van der Waals surface area contributed by atoms with Crippen molar-refractivity contribution in [2.75, 3.05) is 6.54 Å². The van der Waals surface area contributed by atoms with Gasteiger partial charge in [0.15, 0.2) is 0 Å². The molecule has 0 aliphatic carbocycles. The number of amides is 2. The number of imidazole rings is 1. The van der Waals surface area contributed by atoms with E-state index in [9.17, 15) is 9.59 Å². The number of aromatic nitrogens is 2. The smallest absolute Gasteiger partial charge is 0.225 e. The minimum atomic E-state index is -0.242. The van der Waals surface area contributed by atoms with Gasteiger partial charge in [0.2, 0.25) is 11.8 Å². The van der Waals surface area contributed by atoms with E-state index in [1.807, 2.05) is 23.1 Å². The van der Waals surface area contributed by atoms with Crippen molar-refractivity contribution in [3.8, 4) is 0 Å². The Labute approximate surface area is 141 Å². The summed E-state index contributed by atoms with van der Waals surface area (Å²) >= 11 is 0. The van der Waals surface area contributed by atoms with Gasteiger partial charge < -0.3 is 15.2 Å². The van der Waals surface area contributed by atoms with Crippen LogP contribution in [0.25, 0.3) is 11.0 Å². The second kappa shape index (κ2) is 7.03. The molecule has 2 aromatic rings. The van der Waals surface area contributed by atoms with E-state index in [-0.39, 0.29) is 23.8 Å². The number of hydrogen-bond donors (Lipinski definition) is 2. The van der Waals surface area contributed by atoms with E-state index < -0.39 is 0 Å². The summed E-state index contributed by atoms with van der Waals surface area (Å²) in [5.74, 6) is -0.182. The fraction of sp³-hybridized carbons (Fsp3) is 0.500. The first-order valence-electron chi connectivity index (χ1n) is 8.61. The first-order valence-corrected chi connectivity index (χ1v) is 8.61. The summed E-state index contributed by atoms with van der Waals surface area (Å²) in [6, 6.07) is 6.12. The van der Waals surface area contributed by atoms with Gasteiger partial charge in [-0.2, -0.15) is 0 Å². The van der Waals surface area contributed by atoms with Crippen molar-refractivity contribution < 1.29 is 9.59 Å². The minimum absolute atomic E-state index is 0.0403. The van der Waals surface area contributed by atoms with Crippen LogP contribution in [-0.2, 0) is 16.1 Å². The summed E-state index contributed by atoms with van der Waals surface area (Å²) in [7, 11) is 0. The zero-order valence-electron chi connectivity index (χ0n) is 14.2. The van der Waals surface area contributed by atoms with Gasteiger partial charge in [0.05, 0.1) is 23.3 Å². The molecule has 1 atom stereocenters. The molecule has 2 N–H and O–H groups in total. The molecule has 2 heterocycles. The van der Waals surface area contributed by atoms with Crippen LogP contribution in [0.3, 0.4) is 0 Å². The van der Waals surface area contributed by atoms with Crippen LogP contribution in [0, 0.1) is 5.92 Å². The summed E-state index contributed by atoms with van der Waals surface area (Å²) in [6.07, 6.45) is 3.84. The first kappa shape index (κ1) is 16.5. The number of likely N-dealkylation sites (tertiary alicyclic amines) is 1. The quantitative estimate of drug-likeness (QED) is 0.853. The monoisotopic (exact) mass is 328 g/mol. The number of nitrogens with zero attached hydrogens (tertiary/aromatic N) is 2. The number of carbonyl (C=O) groups excluding carboxylic acids is 2. The van der Waals surface area contributed by atoms with Gasteiger partial charge in [0.25, 0.3) is 0 Å². The summed E-state index contributed by atoms with van der Waals surface area (Å²) in [6.45, 7) is 5.17. The van der Waals surface area contributed by atoms with Crippen LogP contribution in [0.15, 0.2) is 24.5 Å². The molecule has 0 spiro atoms.